The van der Waals surface area contributed by atoms with Crippen LogP contribution >= 0.6 is 0 Å². The largest absolute Gasteiger partial charge is 0.378 e. The van der Waals surface area contributed by atoms with Crippen LogP contribution in [0.1, 0.15) is 25.7 Å². The quantitative estimate of drug-likeness (QED) is 0.928. The molecular weight excluding hydrogens is 280 g/mol. The first-order valence-corrected chi connectivity index (χ1v) is 8.16. The number of hydrogen-bond donors (Lipinski definition) is 1. The molecule has 1 aromatic rings. The molecular formula is C17H24N2O3. The molecule has 1 N–H and O–H groups in total. The molecule has 5 nitrogen and oxygen atoms in total. The van der Waals surface area contributed by atoms with E-state index in [9.17, 15) is 4.79 Å². The Morgan fingerprint density at radius 1 is 1.18 bits per heavy atom. The van der Waals surface area contributed by atoms with Gasteiger partial charge in [0.1, 0.15) is 0 Å². The molecule has 0 aromatic heterocycles. The van der Waals surface area contributed by atoms with Gasteiger partial charge in [0, 0.05) is 19.7 Å². The number of hydrogen-bond acceptors (Lipinski definition) is 4. The van der Waals surface area contributed by atoms with Crippen molar-refractivity contribution in [3.8, 4) is 0 Å². The van der Waals surface area contributed by atoms with E-state index in [1.807, 2.05) is 18.2 Å². The number of morpholine rings is 1. The summed E-state index contributed by atoms with van der Waals surface area (Å²) in [5.74, 6) is 0.0348. The van der Waals surface area contributed by atoms with E-state index in [1.54, 1.807) is 0 Å². The lowest BCUT2D eigenvalue weighted by Gasteiger charge is -2.30. The first-order valence-electron chi connectivity index (χ1n) is 8.16. The highest BCUT2D eigenvalue weighted by Crippen LogP contribution is 2.27. The third-order valence-electron chi connectivity index (χ3n) is 4.22. The van der Waals surface area contributed by atoms with Crippen molar-refractivity contribution >= 4 is 17.3 Å². The topological polar surface area (TPSA) is 50.8 Å². The van der Waals surface area contributed by atoms with Crippen LogP contribution in [0.2, 0.25) is 0 Å². The predicted octanol–water partition coefficient (Wildman–Crippen LogP) is 2.42. The van der Waals surface area contributed by atoms with Crippen molar-refractivity contribution < 1.29 is 14.3 Å². The van der Waals surface area contributed by atoms with Gasteiger partial charge in [0.2, 0.25) is 5.91 Å². The second kappa shape index (κ2) is 7.61. The van der Waals surface area contributed by atoms with Gasteiger partial charge in [-0.2, -0.15) is 0 Å². The monoisotopic (exact) mass is 304 g/mol. The minimum absolute atomic E-state index is 0.0348. The molecule has 1 unspecified atom stereocenters. The average Bonchev–Trinajstić information content (AvgIpc) is 2.57. The highest BCUT2D eigenvalue weighted by Gasteiger charge is 2.19. The van der Waals surface area contributed by atoms with E-state index in [-0.39, 0.29) is 12.0 Å². The standard InChI is InChI=1S/C17H24N2O3/c20-17(13-14-5-3-4-10-22-14)18-15-6-1-2-7-16(15)19-8-11-21-12-9-19/h1-2,6-7,14H,3-5,8-13H2,(H,18,20). The van der Waals surface area contributed by atoms with Crippen molar-refractivity contribution in [1.82, 2.24) is 0 Å². The van der Waals surface area contributed by atoms with E-state index in [1.165, 1.54) is 0 Å². The normalized spacial score (nSPS) is 22.4. The second-order valence-corrected chi connectivity index (χ2v) is 5.86. The Hall–Kier alpha value is -1.59. The van der Waals surface area contributed by atoms with Crippen molar-refractivity contribution in [2.45, 2.75) is 31.8 Å². The zero-order chi connectivity index (χ0) is 15.2. The van der Waals surface area contributed by atoms with Gasteiger partial charge in [-0.3, -0.25) is 4.79 Å². The average molecular weight is 304 g/mol. The molecule has 0 aliphatic carbocycles. The number of para-hydroxylation sites is 2. The van der Waals surface area contributed by atoms with Crippen LogP contribution in [-0.4, -0.2) is 44.9 Å². The summed E-state index contributed by atoms with van der Waals surface area (Å²) in [6.07, 6.45) is 3.76. The fourth-order valence-electron chi connectivity index (χ4n) is 3.04. The molecule has 3 rings (SSSR count). The Kier molecular flexibility index (Phi) is 5.29. The summed E-state index contributed by atoms with van der Waals surface area (Å²) < 4.78 is 11.0. The Labute approximate surface area is 131 Å². The highest BCUT2D eigenvalue weighted by molar-refractivity contribution is 5.94. The van der Waals surface area contributed by atoms with Gasteiger partial charge < -0.3 is 19.7 Å². The van der Waals surface area contributed by atoms with E-state index in [4.69, 9.17) is 9.47 Å². The van der Waals surface area contributed by atoms with Crippen molar-refractivity contribution in [1.29, 1.82) is 0 Å². The third-order valence-corrected chi connectivity index (χ3v) is 4.22. The van der Waals surface area contributed by atoms with Gasteiger partial charge in [-0.15, -0.1) is 0 Å². The summed E-state index contributed by atoms with van der Waals surface area (Å²) in [5.41, 5.74) is 1.95. The molecule has 2 heterocycles. The van der Waals surface area contributed by atoms with E-state index < -0.39 is 0 Å². The maximum absolute atomic E-state index is 12.3. The Balaban J connectivity index is 1.62. The number of nitrogens with zero attached hydrogens (tertiary/aromatic N) is 1. The summed E-state index contributed by atoms with van der Waals surface area (Å²) in [4.78, 5) is 14.5. The molecule has 2 fully saturated rings. The van der Waals surface area contributed by atoms with Gasteiger partial charge in [-0.25, -0.2) is 0 Å². The maximum Gasteiger partial charge on any atom is 0.227 e. The van der Waals surface area contributed by atoms with Gasteiger partial charge in [-0.05, 0) is 31.4 Å². The number of ether oxygens (including phenoxy) is 2. The van der Waals surface area contributed by atoms with Gasteiger partial charge in [0.05, 0.1) is 37.1 Å². The molecule has 2 aliphatic heterocycles. The lowest BCUT2D eigenvalue weighted by molar-refractivity contribution is -0.119. The SMILES string of the molecule is O=C(CC1CCCCO1)Nc1ccccc1N1CCOCC1. The molecule has 5 heteroatoms. The minimum atomic E-state index is 0.0348. The number of nitrogens with one attached hydrogen (secondary N) is 1. The van der Waals surface area contributed by atoms with Crippen LogP contribution in [0.25, 0.3) is 0 Å². The van der Waals surface area contributed by atoms with Crippen molar-refractivity contribution in [3.05, 3.63) is 24.3 Å². The number of benzene rings is 1. The fourth-order valence-corrected chi connectivity index (χ4v) is 3.04. The van der Waals surface area contributed by atoms with Crippen LogP contribution in [0.15, 0.2) is 24.3 Å². The fraction of sp³-hybridized carbons (Fsp3) is 0.588. The summed E-state index contributed by atoms with van der Waals surface area (Å²) in [5, 5.41) is 3.05. The van der Waals surface area contributed by atoms with Gasteiger partial charge in [0.15, 0.2) is 0 Å². The molecule has 2 aliphatic rings. The smallest absolute Gasteiger partial charge is 0.227 e. The maximum atomic E-state index is 12.3. The van der Waals surface area contributed by atoms with Gasteiger partial charge >= 0.3 is 0 Å². The number of anilines is 2. The van der Waals surface area contributed by atoms with Crippen molar-refractivity contribution in [2.24, 2.45) is 0 Å². The second-order valence-electron chi connectivity index (χ2n) is 5.86. The molecule has 0 spiro atoms. The van der Waals surface area contributed by atoms with E-state index in [0.717, 1.165) is 63.5 Å². The van der Waals surface area contributed by atoms with Gasteiger partial charge in [-0.1, -0.05) is 12.1 Å². The van der Waals surface area contributed by atoms with E-state index in [2.05, 4.69) is 16.3 Å². The molecule has 1 aromatic carbocycles. The Bertz CT molecular complexity index is 494. The summed E-state index contributed by atoms with van der Waals surface area (Å²) in [6.45, 7) is 3.97. The number of carbonyl (C=O) groups is 1. The molecule has 1 amide bonds. The summed E-state index contributed by atoms with van der Waals surface area (Å²) in [7, 11) is 0. The van der Waals surface area contributed by atoms with E-state index in [0.29, 0.717) is 6.42 Å². The lowest BCUT2D eigenvalue weighted by Crippen LogP contribution is -2.36. The Morgan fingerprint density at radius 2 is 2.00 bits per heavy atom. The molecule has 0 saturated carbocycles. The molecule has 0 radical (unpaired) electrons. The predicted molar refractivity (Wildman–Crippen MR) is 86.3 cm³/mol. The molecule has 120 valence electrons. The lowest BCUT2D eigenvalue weighted by atomic mass is 10.1. The van der Waals surface area contributed by atoms with Gasteiger partial charge in [0.25, 0.3) is 0 Å². The first-order chi connectivity index (χ1) is 10.8. The molecule has 22 heavy (non-hydrogen) atoms. The first kappa shape index (κ1) is 15.3. The zero-order valence-electron chi connectivity index (χ0n) is 12.9. The van der Waals surface area contributed by atoms with E-state index >= 15 is 0 Å². The summed E-state index contributed by atoms with van der Waals surface area (Å²) >= 11 is 0. The highest BCUT2D eigenvalue weighted by atomic mass is 16.5. The number of carbonyl (C=O) groups excluding carboxylic acids is 1. The zero-order valence-corrected chi connectivity index (χ0v) is 12.9. The Morgan fingerprint density at radius 3 is 2.77 bits per heavy atom. The number of amides is 1. The summed E-state index contributed by atoms with van der Waals surface area (Å²) in [6, 6.07) is 7.98. The van der Waals surface area contributed by atoms with Crippen LogP contribution in [-0.2, 0) is 14.3 Å². The van der Waals surface area contributed by atoms with Crippen LogP contribution in [0.4, 0.5) is 11.4 Å². The van der Waals surface area contributed by atoms with Crippen LogP contribution in [0, 0.1) is 0 Å². The number of rotatable bonds is 4. The molecule has 2 saturated heterocycles. The van der Waals surface area contributed by atoms with Crippen LogP contribution in [0.3, 0.4) is 0 Å². The third kappa shape index (κ3) is 3.99. The van der Waals surface area contributed by atoms with Crippen molar-refractivity contribution in [2.75, 3.05) is 43.1 Å². The molecule has 0 bridgehead atoms. The van der Waals surface area contributed by atoms with Crippen LogP contribution < -0.4 is 10.2 Å². The molecule has 1 atom stereocenters. The van der Waals surface area contributed by atoms with Crippen LogP contribution in [0.5, 0.6) is 0 Å². The van der Waals surface area contributed by atoms with Crippen molar-refractivity contribution in [3.63, 3.8) is 0 Å². The minimum Gasteiger partial charge on any atom is -0.378 e.